The maximum Gasteiger partial charge on any atom is 0.0909 e. The maximum absolute atomic E-state index is 4.65. The van der Waals surface area contributed by atoms with Gasteiger partial charge in [-0.15, -0.1) is 0 Å². The molecule has 2 heteroatoms. The van der Waals surface area contributed by atoms with E-state index in [1.54, 1.807) is 5.56 Å². The molecular weight excluding hydrogens is 316 g/mol. The number of hydrogen-bond donors (Lipinski definition) is 0. The molecule has 0 saturated carbocycles. The van der Waals surface area contributed by atoms with Crippen molar-refractivity contribution in [2.24, 2.45) is 4.99 Å². The quantitative estimate of drug-likeness (QED) is 0.498. The number of benzene rings is 2. The fourth-order valence-electron chi connectivity index (χ4n) is 3.82. The topological polar surface area (TPSA) is 15.6 Å². The fraction of sp³-hybridized carbons (Fsp3) is 0.458. The van der Waals surface area contributed by atoms with E-state index in [1.165, 1.54) is 40.7 Å². The Hall–Kier alpha value is -2.09. The Morgan fingerprint density at radius 2 is 1.88 bits per heavy atom. The van der Waals surface area contributed by atoms with Crippen molar-refractivity contribution < 1.29 is 0 Å². The smallest absolute Gasteiger partial charge is 0.0909 e. The highest BCUT2D eigenvalue weighted by Gasteiger charge is 2.29. The Kier molecular flexibility index (Phi) is 5.22. The molecule has 0 amide bonds. The number of aliphatic imine (C=N–C) groups is 1. The summed E-state index contributed by atoms with van der Waals surface area (Å²) in [6.07, 6.45) is 5.40. The predicted octanol–water partition coefficient (Wildman–Crippen LogP) is 5.73. The molecule has 0 N–H and O–H groups in total. The van der Waals surface area contributed by atoms with Crippen molar-refractivity contribution in [2.45, 2.75) is 59.3 Å². The van der Waals surface area contributed by atoms with Crippen molar-refractivity contribution in [3.63, 3.8) is 0 Å². The molecule has 0 bridgehead atoms. The van der Waals surface area contributed by atoms with Crippen molar-refractivity contribution in [1.82, 2.24) is 4.90 Å². The third-order valence-electron chi connectivity index (χ3n) is 5.86. The van der Waals surface area contributed by atoms with Gasteiger partial charge < -0.3 is 4.90 Å². The Balaban J connectivity index is 1.85. The van der Waals surface area contributed by atoms with Gasteiger partial charge in [-0.1, -0.05) is 38.1 Å². The van der Waals surface area contributed by atoms with Crippen LogP contribution < -0.4 is 0 Å². The average Bonchev–Trinajstić information content (AvgIpc) is 2.91. The van der Waals surface area contributed by atoms with Gasteiger partial charge in [-0.05, 0) is 84.9 Å². The molecule has 0 atom stereocenters. The van der Waals surface area contributed by atoms with E-state index in [-0.39, 0.29) is 0 Å². The SMILES string of the molecule is CCN(C)C=Nc1cc(C)c(Cc2ccc3c(c2)C(C)(C)CC3)cc1C. The van der Waals surface area contributed by atoms with Crippen LogP contribution in [-0.4, -0.2) is 24.8 Å². The first-order valence-electron chi connectivity index (χ1n) is 9.77. The Morgan fingerprint density at radius 1 is 1.12 bits per heavy atom. The van der Waals surface area contributed by atoms with E-state index >= 15 is 0 Å². The molecule has 1 aliphatic carbocycles. The van der Waals surface area contributed by atoms with Crippen LogP contribution >= 0.6 is 0 Å². The van der Waals surface area contributed by atoms with Crippen LogP contribution in [0.5, 0.6) is 0 Å². The summed E-state index contributed by atoms with van der Waals surface area (Å²) in [5.41, 5.74) is 9.87. The lowest BCUT2D eigenvalue weighted by molar-refractivity contribution is 0.522. The first kappa shape index (κ1) is 18.7. The van der Waals surface area contributed by atoms with Crippen LogP contribution in [0, 0.1) is 13.8 Å². The summed E-state index contributed by atoms with van der Waals surface area (Å²) in [7, 11) is 2.05. The molecule has 2 aromatic carbocycles. The monoisotopic (exact) mass is 348 g/mol. The van der Waals surface area contributed by atoms with Gasteiger partial charge in [0.25, 0.3) is 0 Å². The molecule has 0 spiro atoms. The molecule has 0 aliphatic heterocycles. The number of fused-ring (bicyclic) bond motifs is 1. The minimum Gasteiger partial charge on any atom is -0.366 e. The van der Waals surface area contributed by atoms with Crippen molar-refractivity contribution >= 4 is 12.0 Å². The van der Waals surface area contributed by atoms with Gasteiger partial charge in [0.15, 0.2) is 0 Å². The zero-order valence-electron chi connectivity index (χ0n) is 17.2. The second-order valence-corrected chi connectivity index (χ2v) is 8.44. The second kappa shape index (κ2) is 7.26. The molecule has 2 aromatic rings. The van der Waals surface area contributed by atoms with Crippen LogP contribution in [0.4, 0.5) is 5.69 Å². The van der Waals surface area contributed by atoms with Crippen LogP contribution in [-0.2, 0) is 18.3 Å². The van der Waals surface area contributed by atoms with Crippen molar-refractivity contribution in [3.05, 3.63) is 63.7 Å². The molecule has 26 heavy (non-hydrogen) atoms. The summed E-state index contributed by atoms with van der Waals surface area (Å²) >= 11 is 0. The molecule has 0 radical (unpaired) electrons. The van der Waals surface area contributed by atoms with Crippen LogP contribution in [0.25, 0.3) is 0 Å². The number of hydrogen-bond acceptors (Lipinski definition) is 1. The highest BCUT2D eigenvalue weighted by molar-refractivity contribution is 5.64. The number of aryl methyl sites for hydroxylation is 3. The Labute approximate surface area is 159 Å². The van der Waals surface area contributed by atoms with Gasteiger partial charge in [0.1, 0.15) is 0 Å². The molecule has 0 fully saturated rings. The summed E-state index contributed by atoms with van der Waals surface area (Å²) in [6, 6.07) is 11.6. The summed E-state index contributed by atoms with van der Waals surface area (Å²) in [5.74, 6) is 0. The highest BCUT2D eigenvalue weighted by atomic mass is 15.1. The third kappa shape index (κ3) is 3.85. The maximum atomic E-state index is 4.65. The first-order valence-corrected chi connectivity index (χ1v) is 9.77. The van der Waals surface area contributed by atoms with Crippen LogP contribution in [0.15, 0.2) is 35.3 Å². The van der Waals surface area contributed by atoms with Crippen LogP contribution in [0.2, 0.25) is 0 Å². The van der Waals surface area contributed by atoms with E-state index in [9.17, 15) is 0 Å². The number of nitrogens with zero attached hydrogens (tertiary/aromatic N) is 2. The summed E-state index contributed by atoms with van der Waals surface area (Å²) < 4.78 is 0. The van der Waals surface area contributed by atoms with Gasteiger partial charge in [-0.25, -0.2) is 4.99 Å². The fourth-order valence-corrected chi connectivity index (χ4v) is 3.82. The molecule has 0 saturated heterocycles. The third-order valence-corrected chi connectivity index (χ3v) is 5.86. The van der Waals surface area contributed by atoms with Crippen molar-refractivity contribution in [1.29, 1.82) is 0 Å². The normalized spacial score (nSPS) is 15.5. The Bertz CT molecular complexity index is 830. The predicted molar refractivity (Wildman–Crippen MR) is 113 cm³/mol. The van der Waals surface area contributed by atoms with Crippen molar-refractivity contribution in [3.8, 4) is 0 Å². The summed E-state index contributed by atoms with van der Waals surface area (Å²) in [5, 5.41) is 0. The standard InChI is InChI=1S/C24H32N2/c1-7-26(6)16-25-23-13-17(2)21(12-18(23)3)14-19-8-9-20-10-11-24(4,5)22(20)15-19/h8-9,12-13,15-16H,7,10-11,14H2,1-6H3. The lowest BCUT2D eigenvalue weighted by atomic mass is 9.85. The molecule has 3 rings (SSSR count). The van der Waals surface area contributed by atoms with E-state index in [0.717, 1.165) is 18.7 Å². The van der Waals surface area contributed by atoms with Gasteiger partial charge in [0, 0.05) is 13.6 Å². The largest absolute Gasteiger partial charge is 0.366 e. The van der Waals surface area contributed by atoms with E-state index in [0.29, 0.717) is 5.41 Å². The molecule has 0 aromatic heterocycles. The molecule has 0 heterocycles. The van der Waals surface area contributed by atoms with E-state index in [1.807, 2.05) is 6.34 Å². The molecule has 138 valence electrons. The second-order valence-electron chi connectivity index (χ2n) is 8.44. The van der Waals surface area contributed by atoms with Crippen LogP contribution in [0.3, 0.4) is 0 Å². The van der Waals surface area contributed by atoms with Gasteiger partial charge >= 0.3 is 0 Å². The highest BCUT2D eigenvalue weighted by Crippen LogP contribution is 2.39. The zero-order chi connectivity index (χ0) is 18.9. The molecule has 2 nitrogen and oxygen atoms in total. The van der Waals surface area contributed by atoms with E-state index in [2.05, 4.69) is 81.9 Å². The molecular formula is C24H32N2. The minimum absolute atomic E-state index is 0.320. The van der Waals surface area contributed by atoms with Crippen molar-refractivity contribution in [2.75, 3.05) is 13.6 Å². The molecule has 1 aliphatic rings. The van der Waals surface area contributed by atoms with E-state index in [4.69, 9.17) is 0 Å². The van der Waals surface area contributed by atoms with E-state index < -0.39 is 0 Å². The minimum atomic E-state index is 0.320. The lowest BCUT2D eigenvalue weighted by Gasteiger charge is -2.20. The first-order chi connectivity index (χ1) is 12.3. The van der Waals surface area contributed by atoms with Gasteiger partial charge in [-0.2, -0.15) is 0 Å². The van der Waals surface area contributed by atoms with Gasteiger partial charge in [0.05, 0.1) is 12.0 Å². The number of rotatable bonds is 5. The average molecular weight is 349 g/mol. The van der Waals surface area contributed by atoms with Gasteiger partial charge in [0.2, 0.25) is 0 Å². The summed E-state index contributed by atoms with van der Waals surface area (Å²) in [4.78, 5) is 6.74. The van der Waals surface area contributed by atoms with Crippen LogP contribution in [0.1, 0.15) is 60.6 Å². The summed E-state index contributed by atoms with van der Waals surface area (Å²) in [6.45, 7) is 12.2. The Morgan fingerprint density at radius 3 is 2.62 bits per heavy atom. The lowest BCUT2D eigenvalue weighted by Crippen LogP contribution is -2.14. The zero-order valence-corrected chi connectivity index (χ0v) is 17.2. The molecule has 0 unspecified atom stereocenters. The van der Waals surface area contributed by atoms with Gasteiger partial charge in [-0.3, -0.25) is 0 Å².